The first-order valence-electron chi connectivity index (χ1n) is 7.84. The quantitative estimate of drug-likeness (QED) is 0.845. The summed E-state index contributed by atoms with van der Waals surface area (Å²) in [6, 6.07) is 10.4. The Labute approximate surface area is 128 Å². The molecule has 3 heteroatoms. The van der Waals surface area contributed by atoms with Gasteiger partial charge < -0.3 is 5.32 Å². The normalized spacial score (nSPS) is 11.6. The van der Waals surface area contributed by atoms with Gasteiger partial charge in [0.1, 0.15) is 0 Å². The maximum atomic E-state index is 4.63. The van der Waals surface area contributed by atoms with Crippen LogP contribution in [0.25, 0.3) is 5.69 Å². The number of aryl methyl sites for hydroxylation is 1. The second kappa shape index (κ2) is 6.79. The van der Waals surface area contributed by atoms with Crippen LogP contribution in [0, 0.1) is 24.7 Å². The number of rotatable bonds is 6. The Kier molecular flexibility index (Phi) is 5.05. The van der Waals surface area contributed by atoms with Crippen LogP contribution in [0.15, 0.2) is 36.5 Å². The monoisotopic (exact) mass is 285 g/mol. The molecule has 0 aliphatic carbocycles. The van der Waals surface area contributed by atoms with Crippen molar-refractivity contribution in [2.75, 3.05) is 11.9 Å². The van der Waals surface area contributed by atoms with Crippen molar-refractivity contribution in [3.63, 3.8) is 0 Å². The molecule has 0 spiro atoms. The van der Waals surface area contributed by atoms with Crippen molar-refractivity contribution in [1.82, 2.24) is 9.55 Å². The SMILES string of the molecule is Cc1cn(-c2ccccc2)c(NCC(C(C)C)C(C)C)n1. The highest BCUT2D eigenvalue weighted by molar-refractivity contribution is 5.42. The van der Waals surface area contributed by atoms with Crippen molar-refractivity contribution in [2.45, 2.75) is 34.6 Å². The summed E-state index contributed by atoms with van der Waals surface area (Å²) in [5.74, 6) is 2.91. The zero-order valence-electron chi connectivity index (χ0n) is 13.8. The summed E-state index contributed by atoms with van der Waals surface area (Å²) in [6.07, 6.45) is 2.08. The molecule has 0 saturated carbocycles. The molecule has 0 radical (unpaired) electrons. The molecule has 1 aromatic carbocycles. The summed E-state index contributed by atoms with van der Waals surface area (Å²) < 4.78 is 2.13. The molecule has 1 aromatic heterocycles. The van der Waals surface area contributed by atoms with Crippen LogP contribution in [0.4, 0.5) is 5.95 Å². The van der Waals surface area contributed by atoms with E-state index in [1.807, 2.05) is 13.0 Å². The smallest absolute Gasteiger partial charge is 0.207 e. The number of aromatic nitrogens is 2. The van der Waals surface area contributed by atoms with Gasteiger partial charge in [-0.1, -0.05) is 45.9 Å². The molecule has 1 heterocycles. The molecule has 0 unspecified atom stereocenters. The molecule has 1 N–H and O–H groups in total. The van der Waals surface area contributed by atoms with Gasteiger partial charge >= 0.3 is 0 Å². The third-order valence-electron chi connectivity index (χ3n) is 4.07. The van der Waals surface area contributed by atoms with Crippen LogP contribution < -0.4 is 5.32 Å². The lowest BCUT2D eigenvalue weighted by Crippen LogP contribution is -2.25. The Morgan fingerprint density at radius 1 is 1.05 bits per heavy atom. The van der Waals surface area contributed by atoms with Crippen LogP contribution >= 0.6 is 0 Å². The zero-order valence-corrected chi connectivity index (χ0v) is 13.8. The molecule has 0 amide bonds. The van der Waals surface area contributed by atoms with E-state index in [0.29, 0.717) is 17.8 Å². The maximum Gasteiger partial charge on any atom is 0.207 e. The van der Waals surface area contributed by atoms with Crippen molar-refractivity contribution in [1.29, 1.82) is 0 Å². The first kappa shape index (κ1) is 15.6. The molecule has 2 aromatic rings. The summed E-state index contributed by atoms with van der Waals surface area (Å²) in [5, 5.41) is 3.55. The van der Waals surface area contributed by atoms with Crippen LogP contribution in [0.2, 0.25) is 0 Å². The molecule has 114 valence electrons. The summed E-state index contributed by atoms with van der Waals surface area (Å²) in [4.78, 5) is 4.63. The lowest BCUT2D eigenvalue weighted by molar-refractivity contribution is 0.304. The highest BCUT2D eigenvalue weighted by Crippen LogP contribution is 2.22. The number of hydrogen-bond acceptors (Lipinski definition) is 2. The Morgan fingerprint density at radius 3 is 2.24 bits per heavy atom. The number of anilines is 1. The van der Waals surface area contributed by atoms with Gasteiger partial charge in [-0.3, -0.25) is 4.57 Å². The summed E-state index contributed by atoms with van der Waals surface area (Å²) in [5.41, 5.74) is 2.18. The van der Waals surface area contributed by atoms with Crippen LogP contribution in [0.3, 0.4) is 0 Å². The Morgan fingerprint density at radius 2 is 1.67 bits per heavy atom. The Balaban J connectivity index is 2.18. The van der Waals surface area contributed by atoms with Crippen LogP contribution in [0.5, 0.6) is 0 Å². The van der Waals surface area contributed by atoms with Crippen molar-refractivity contribution < 1.29 is 0 Å². The van der Waals surface area contributed by atoms with Crippen LogP contribution in [-0.2, 0) is 0 Å². The maximum absolute atomic E-state index is 4.63. The van der Waals surface area contributed by atoms with E-state index in [1.165, 1.54) is 0 Å². The van der Waals surface area contributed by atoms with E-state index in [9.17, 15) is 0 Å². The second-order valence-electron chi connectivity index (χ2n) is 6.44. The van der Waals surface area contributed by atoms with Gasteiger partial charge in [-0.15, -0.1) is 0 Å². The molecule has 3 nitrogen and oxygen atoms in total. The first-order chi connectivity index (χ1) is 9.99. The van der Waals surface area contributed by atoms with E-state index in [-0.39, 0.29) is 0 Å². The third-order valence-corrected chi connectivity index (χ3v) is 4.07. The standard InChI is InChI=1S/C18H27N3/c1-13(2)17(14(3)4)11-19-18-20-15(5)12-21(18)16-9-7-6-8-10-16/h6-10,12-14,17H,11H2,1-5H3,(H,19,20). The van der Waals surface area contributed by atoms with Crippen molar-refractivity contribution in [3.8, 4) is 5.69 Å². The van der Waals surface area contributed by atoms with Gasteiger partial charge in [0.2, 0.25) is 5.95 Å². The van der Waals surface area contributed by atoms with Gasteiger partial charge in [0.05, 0.1) is 5.69 Å². The van der Waals surface area contributed by atoms with Gasteiger partial charge in [-0.05, 0) is 36.8 Å². The van der Waals surface area contributed by atoms with E-state index in [2.05, 4.69) is 73.0 Å². The molecule has 0 aliphatic rings. The predicted molar refractivity (Wildman–Crippen MR) is 90.0 cm³/mol. The van der Waals surface area contributed by atoms with E-state index in [1.54, 1.807) is 0 Å². The molecule has 0 bridgehead atoms. The van der Waals surface area contributed by atoms with Gasteiger partial charge in [0.15, 0.2) is 0 Å². The zero-order chi connectivity index (χ0) is 15.4. The van der Waals surface area contributed by atoms with Gasteiger partial charge in [0.25, 0.3) is 0 Å². The molecule has 0 aliphatic heterocycles. The fraction of sp³-hybridized carbons (Fsp3) is 0.500. The molecular weight excluding hydrogens is 258 g/mol. The average Bonchev–Trinajstić information content (AvgIpc) is 2.80. The lowest BCUT2D eigenvalue weighted by Gasteiger charge is -2.25. The number of benzene rings is 1. The number of hydrogen-bond donors (Lipinski definition) is 1. The fourth-order valence-corrected chi connectivity index (χ4v) is 2.86. The fourth-order valence-electron chi connectivity index (χ4n) is 2.86. The number of imidazole rings is 1. The van der Waals surface area contributed by atoms with Crippen molar-refractivity contribution in [3.05, 3.63) is 42.2 Å². The minimum Gasteiger partial charge on any atom is -0.355 e. The lowest BCUT2D eigenvalue weighted by atomic mass is 9.85. The molecule has 0 atom stereocenters. The molecule has 0 fully saturated rings. The number of nitrogens with one attached hydrogen (secondary N) is 1. The first-order valence-corrected chi connectivity index (χ1v) is 7.84. The number of nitrogens with zero attached hydrogens (tertiary/aromatic N) is 2. The van der Waals surface area contributed by atoms with Crippen LogP contribution in [0.1, 0.15) is 33.4 Å². The molecule has 21 heavy (non-hydrogen) atoms. The summed E-state index contributed by atoms with van der Waals surface area (Å²) >= 11 is 0. The van der Waals surface area contributed by atoms with E-state index in [0.717, 1.165) is 23.9 Å². The third kappa shape index (κ3) is 3.87. The van der Waals surface area contributed by atoms with Gasteiger partial charge in [0, 0.05) is 18.4 Å². The Bertz CT molecular complexity index is 547. The van der Waals surface area contributed by atoms with Crippen molar-refractivity contribution in [2.24, 2.45) is 17.8 Å². The van der Waals surface area contributed by atoms with E-state index < -0.39 is 0 Å². The van der Waals surface area contributed by atoms with Gasteiger partial charge in [-0.25, -0.2) is 4.98 Å². The summed E-state index contributed by atoms with van der Waals surface area (Å²) in [6.45, 7) is 12.2. The largest absolute Gasteiger partial charge is 0.355 e. The summed E-state index contributed by atoms with van der Waals surface area (Å²) in [7, 11) is 0. The average molecular weight is 285 g/mol. The molecule has 0 saturated heterocycles. The highest BCUT2D eigenvalue weighted by atomic mass is 15.2. The van der Waals surface area contributed by atoms with Crippen LogP contribution in [-0.4, -0.2) is 16.1 Å². The molecule has 2 rings (SSSR count). The second-order valence-corrected chi connectivity index (χ2v) is 6.44. The van der Waals surface area contributed by atoms with E-state index >= 15 is 0 Å². The minimum atomic E-state index is 0.645. The highest BCUT2D eigenvalue weighted by Gasteiger charge is 2.18. The van der Waals surface area contributed by atoms with E-state index in [4.69, 9.17) is 0 Å². The molecular formula is C18H27N3. The predicted octanol–water partition coefficient (Wildman–Crippen LogP) is 4.52. The topological polar surface area (TPSA) is 29.9 Å². The minimum absolute atomic E-state index is 0.645. The Hall–Kier alpha value is -1.77. The van der Waals surface area contributed by atoms with Gasteiger partial charge in [-0.2, -0.15) is 0 Å². The number of para-hydroxylation sites is 1. The van der Waals surface area contributed by atoms with Crippen molar-refractivity contribution >= 4 is 5.95 Å².